The second kappa shape index (κ2) is 14.3. The Morgan fingerprint density at radius 3 is 2.53 bits per heavy atom. The third-order valence-corrected chi connectivity index (χ3v) is 6.91. The van der Waals surface area contributed by atoms with Crippen LogP contribution in [-0.4, -0.2) is 45.4 Å². The number of aryl methyl sites for hydroxylation is 1. The highest BCUT2D eigenvalue weighted by molar-refractivity contribution is 7.90. The van der Waals surface area contributed by atoms with Crippen LogP contribution in [0.2, 0.25) is 0 Å². The van der Waals surface area contributed by atoms with Gasteiger partial charge in [-0.05, 0) is 43.2 Å². The van der Waals surface area contributed by atoms with Crippen molar-refractivity contribution in [1.82, 2.24) is 9.71 Å². The molecule has 0 fully saturated rings. The Bertz CT molecular complexity index is 1340. The molecule has 0 saturated heterocycles. The molecule has 0 aliphatic carbocycles. The largest absolute Gasteiger partial charge is 0.491 e. The highest BCUT2D eigenvalue weighted by atomic mass is 32.2. The van der Waals surface area contributed by atoms with Crippen LogP contribution in [0.5, 0.6) is 17.4 Å². The Balaban J connectivity index is 1.82. The Labute approximate surface area is 224 Å². The molecule has 0 saturated carbocycles. The van der Waals surface area contributed by atoms with Crippen LogP contribution in [0.1, 0.15) is 37.3 Å². The van der Waals surface area contributed by atoms with E-state index >= 15 is 0 Å². The van der Waals surface area contributed by atoms with E-state index < -0.39 is 15.9 Å². The molecule has 0 aliphatic heterocycles. The predicted molar refractivity (Wildman–Crippen MR) is 149 cm³/mol. The first-order chi connectivity index (χ1) is 18.3. The molecule has 1 heterocycles. The summed E-state index contributed by atoms with van der Waals surface area (Å²) in [6, 6.07) is 17.1. The molecule has 1 aromatic heterocycles. The molecule has 8 nitrogen and oxygen atoms in total. The van der Waals surface area contributed by atoms with Gasteiger partial charge in [0.15, 0.2) is 0 Å². The summed E-state index contributed by atoms with van der Waals surface area (Å²) in [5.41, 5.74) is 3.38. The summed E-state index contributed by atoms with van der Waals surface area (Å²) >= 11 is 0. The van der Waals surface area contributed by atoms with E-state index in [4.69, 9.17) is 14.2 Å². The molecule has 0 bridgehead atoms. The van der Waals surface area contributed by atoms with Crippen LogP contribution in [0.4, 0.5) is 0 Å². The van der Waals surface area contributed by atoms with Crippen molar-refractivity contribution in [3.8, 4) is 28.5 Å². The summed E-state index contributed by atoms with van der Waals surface area (Å²) in [6.07, 6.45) is 6.58. The highest BCUT2D eigenvalue weighted by Gasteiger charge is 2.14. The number of pyridine rings is 1. The van der Waals surface area contributed by atoms with Gasteiger partial charge < -0.3 is 14.2 Å². The number of hydrogen-bond donors (Lipinski definition) is 1. The zero-order valence-electron chi connectivity index (χ0n) is 22.0. The van der Waals surface area contributed by atoms with Crippen LogP contribution in [0.25, 0.3) is 17.2 Å². The molecule has 0 aliphatic rings. The second-order valence-corrected chi connectivity index (χ2v) is 10.5. The minimum absolute atomic E-state index is 0.0911. The maximum absolute atomic E-state index is 12.3. The van der Waals surface area contributed by atoms with Gasteiger partial charge in [-0.3, -0.25) is 4.79 Å². The first-order valence-corrected chi connectivity index (χ1v) is 14.1. The fraction of sp³-hybridized carbons (Fsp3) is 0.310. The Hall–Kier alpha value is -3.69. The fourth-order valence-corrected chi connectivity index (χ4v) is 4.64. The minimum Gasteiger partial charge on any atom is -0.491 e. The zero-order chi connectivity index (χ0) is 27.4. The number of nitrogens with zero attached hydrogens (tertiary/aromatic N) is 1. The van der Waals surface area contributed by atoms with Gasteiger partial charge in [-0.25, -0.2) is 18.1 Å². The number of hydrogen-bond acceptors (Lipinski definition) is 7. The Morgan fingerprint density at radius 2 is 1.82 bits per heavy atom. The van der Waals surface area contributed by atoms with Crippen LogP contribution in [0, 0.1) is 6.92 Å². The maximum atomic E-state index is 12.3. The van der Waals surface area contributed by atoms with E-state index in [9.17, 15) is 13.2 Å². The minimum atomic E-state index is -3.69. The SMILES string of the molecule is CCCCCS(=O)(=O)NC(=O)C=Cc1ccc(OCCOC)cc1Oc1ncc(-c2ccccc2)cc1C. The third kappa shape index (κ3) is 9.00. The Kier molecular flexibility index (Phi) is 10.9. The van der Waals surface area contributed by atoms with Gasteiger partial charge in [0.05, 0.1) is 12.4 Å². The number of ether oxygens (including phenoxy) is 3. The first kappa shape index (κ1) is 28.9. The van der Waals surface area contributed by atoms with Gasteiger partial charge in [0, 0.05) is 42.1 Å². The molecule has 1 N–H and O–H groups in total. The normalized spacial score (nSPS) is 11.4. The van der Waals surface area contributed by atoms with Crippen molar-refractivity contribution >= 4 is 22.0 Å². The molecule has 1 amide bonds. The number of unbranched alkanes of at least 4 members (excludes halogenated alkanes) is 2. The Morgan fingerprint density at radius 1 is 1.03 bits per heavy atom. The van der Waals surface area contributed by atoms with Crippen molar-refractivity contribution in [2.24, 2.45) is 0 Å². The average Bonchev–Trinajstić information content (AvgIpc) is 2.90. The van der Waals surface area contributed by atoms with Gasteiger partial charge in [-0.2, -0.15) is 0 Å². The summed E-state index contributed by atoms with van der Waals surface area (Å²) in [5, 5.41) is 0. The van der Waals surface area contributed by atoms with Crippen molar-refractivity contribution in [3.05, 3.63) is 78.0 Å². The maximum Gasteiger partial charge on any atom is 0.257 e. The lowest BCUT2D eigenvalue weighted by molar-refractivity contribution is -0.114. The summed E-state index contributed by atoms with van der Waals surface area (Å²) in [4.78, 5) is 16.8. The fourth-order valence-electron chi connectivity index (χ4n) is 3.58. The van der Waals surface area contributed by atoms with E-state index in [0.717, 1.165) is 29.5 Å². The molecular weight excluding hydrogens is 504 g/mol. The van der Waals surface area contributed by atoms with Crippen LogP contribution in [0.15, 0.2) is 66.9 Å². The van der Waals surface area contributed by atoms with Crippen LogP contribution >= 0.6 is 0 Å². The summed E-state index contributed by atoms with van der Waals surface area (Å²) in [7, 11) is -2.10. The number of rotatable bonds is 14. The van der Waals surface area contributed by atoms with E-state index in [0.29, 0.717) is 42.6 Å². The second-order valence-electron chi connectivity index (χ2n) is 8.68. The van der Waals surface area contributed by atoms with Crippen molar-refractivity contribution < 1.29 is 27.4 Å². The monoisotopic (exact) mass is 538 g/mol. The summed E-state index contributed by atoms with van der Waals surface area (Å²) in [6.45, 7) is 4.66. The van der Waals surface area contributed by atoms with Crippen LogP contribution < -0.4 is 14.2 Å². The predicted octanol–water partition coefficient (Wildman–Crippen LogP) is 5.52. The smallest absolute Gasteiger partial charge is 0.257 e. The first-order valence-electron chi connectivity index (χ1n) is 12.5. The number of aromatic nitrogens is 1. The van der Waals surface area contributed by atoms with E-state index in [2.05, 4.69) is 9.71 Å². The van der Waals surface area contributed by atoms with Crippen molar-refractivity contribution in [2.75, 3.05) is 26.1 Å². The number of carbonyl (C=O) groups excluding carboxylic acids is 1. The number of methoxy groups -OCH3 is 1. The molecule has 3 rings (SSSR count). The molecule has 3 aromatic rings. The van der Waals surface area contributed by atoms with Crippen molar-refractivity contribution in [2.45, 2.75) is 33.1 Å². The molecule has 202 valence electrons. The van der Waals surface area contributed by atoms with Gasteiger partial charge in [-0.1, -0.05) is 50.1 Å². The molecule has 9 heteroatoms. The van der Waals surface area contributed by atoms with Crippen molar-refractivity contribution in [3.63, 3.8) is 0 Å². The molecular formula is C29H34N2O6S. The standard InChI is InChI=1S/C29H34N2O6S/c1-4-5-9-18-38(33,34)31-28(32)15-13-24-12-14-26(36-17-16-35-3)20-27(24)37-29-22(2)19-25(21-30-29)23-10-7-6-8-11-23/h6-8,10-15,19-21H,4-5,9,16-18H2,1-3H3,(H,31,32). The molecule has 0 atom stereocenters. The third-order valence-electron chi connectivity index (χ3n) is 5.57. The highest BCUT2D eigenvalue weighted by Crippen LogP contribution is 2.32. The van der Waals surface area contributed by atoms with Gasteiger partial charge in [0.1, 0.15) is 18.1 Å². The zero-order valence-corrected chi connectivity index (χ0v) is 22.8. The van der Waals surface area contributed by atoms with E-state index in [1.165, 1.54) is 12.2 Å². The number of sulfonamides is 1. The van der Waals surface area contributed by atoms with E-state index in [1.807, 2.05) is 50.2 Å². The van der Waals surface area contributed by atoms with Gasteiger partial charge in [0.25, 0.3) is 5.91 Å². The van der Waals surface area contributed by atoms with Crippen molar-refractivity contribution in [1.29, 1.82) is 0 Å². The average molecular weight is 539 g/mol. The summed E-state index contributed by atoms with van der Waals surface area (Å²) < 4.78 is 43.3. The lowest BCUT2D eigenvalue weighted by Crippen LogP contribution is -2.31. The summed E-state index contributed by atoms with van der Waals surface area (Å²) in [5.74, 6) is 0.533. The lowest BCUT2D eigenvalue weighted by Gasteiger charge is -2.13. The lowest BCUT2D eigenvalue weighted by atomic mass is 10.1. The number of nitrogens with one attached hydrogen (secondary N) is 1. The van der Waals surface area contributed by atoms with Crippen LogP contribution in [-0.2, 0) is 19.6 Å². The van der Waals surface area contributed by atoms with E-state index in [-0.39, 0.29) is 5.75 Å². The van der Waals surface area contributed by atoms with Gasteiger partial charge in [0.2, 0.25) is 15.9 Å². The molecule has 0 radical (unpaired) electrons. The van der Waals surface area contributed by atoms with E-state index in [1.54, 1.807) is 31.5 Å². The number of carbonyl (C=O) groups is 1. The topological polar surface area (TPSA) is 104 Å². The van der Waals surface area contributed by atoms with Gasteiger partial charge in [-0.15, -0.1) is 0 Å². The molecule has 2 aromatic carbocycles. The molecule has 0 spiro atoms. The van der Waals surface area contributed by atoms with Crippen LogP contribution in [0.3, 0.4) is 0 Å². The van der Waals surface area contributed by atoms with Gasteiger partial charge >= 0.3 is 0 Å². The molecule has 38 heavy (non-hydrogen) atoms. The quantitative estimate of drug-likeness (QED) is 0.213. The number of amides is 1. The number of benzene rings is 2. The molecule has 0 unspecified atom stereocenters.